The van der Waals surface area contributed by atoms with Crippen molar-refractivity contribution >= 4 is 9.84 Å². The van der Waals surface area contributed by atoms with Gasteiger partial charge < -0.3 is 0 Å². The largest absolute Gasteiger partial charge is 0.228 e. The Balaban J connectivity index is 3.02. The molecular formula is C9H14O2S. The van der Waals surface area contributed by atoms with E-state index in [4.69, 9.17) is 0 Å². The Morgan fingerprint density at radius 2 is 2.08 bits per heavy atom. The van der Waals surface area contributed by atoms with Gasteiger partial charge in [0, 0.05) is 6.26 Å². The quantitative estimate of drug-likeness (QED) is 0.624. The molecule has 1 aliphatic carbocycles. The molecule has 12 heavy (non-hydrogen) atoms. The maximum absolute atomic E-state index is 11.3. The number of hydrogen-bond acceptors (Lipinski definition) is 2. The van der Waals surface area contributed by atoms with Gasteiger partial charge >= 0.3 is 0 Å². The number of allylic oxidation sites excluding steroid dienone is 3. The van der Waals surface area contributed by atoms with Crippen LogP contribution in [0.25, 0.3) is 0 Å². The summed E-state index contributed by atoms with van der Waals surface area (Å²) in [7, 11) is -2.98. The van der Waals surface area contributed by atoms with Crippen molar-refractivity contribution in [3.05, 3.63) is 23.8 Å². The molecule has 0 amide bonds. The van der Waals surface area contributed by atoms with Gasteiger partial charge in [-0.15, -0.1) is 0 Å². The second-order valence-corrected chi connectivity index (χ2v) is 6.05. The van der Waals surface area contributed by atoms with Crippen LogP contribution in [0.1, 0.15) is 20.3 Å². The highest BCUT2D eigenvalue weighted by Gasteiger charge is 2.32. The fourth-order valence-electron chi connectivity index (χ4n) is 1.08. The molecule has 0 heterocycles. The van der Waals surface area contributed by atoms with Gasteiger partial charge in [-0.05, 0) is 20.3 Å². The zero-order chi connectivity index (χ0) is 9.41. The maximum atomic E-state index is 11.3. The Kier molecular flexibility index (Phi) is 2.17. The van der Waals surface area contributed by atoms with Crippen LogP contribution >= 0.6 is 0 Å². The summed E-state index contributed by atoms with van der Waals surface area (Å²) in [5, 5.41) is 0. The topological polar surface area (TPSA) is 34.1 Å². The van der Waals surface area contributed by atoms with Crippen molar-refractivity contribution in [2.24, 2.45) is 0 Å². The summed E-state index contributed by atoms with van der Waals surface area (Å²) in [6.07, 6.45) is 7.48. The lowest BCUT2D eigenvalue weighted by molar-refractivity contribution is 0.568. The highest BCUT2D eigenvalue weighted by Crippen LogP contribution is 2.27. The van der Waals surface area contributed by atoms with Crippen molar-refractivity contribution < 1.29 is 8.42 Å². The average molecular weight is 186 g/mol. The lowest BCUT2D eigenvalue weighted by atomic mass is 9.98. The first-order chi connectivity index (χ1) is 5.35. The molecule has 1 aliphatic rings. The smallest absolute Gasteiger partial charge is 0.156 e. The van der Waals surface area contributed by atoms with Crippen LogP contribution in [0.5, 0.6) is 0 Å². The molecule has 0 radical (unpaired) electrons. The number of rotatable bonds is 1. The average Bonchev–Trinajstić information content (AvgIpc) is 1.93. The van der Waals surface area contributed by atoms with Crippen LogP contribution in [0.2, 0.25) is 0 Å². The van der Waals surface area contributed by atoms with Gasteiger partial charge in [0.05, 0.1) is 4.75 Å². The van der Waals surface area contributed by atoms with Crippen molar-refractivity contribution in [1.29, 1.82) is 0 Å². The van der Waals surface area contributed by atoms with Gasteiger partial charge in [0.25, 0.3) is 0 Å². The minimum atomic E-state index is -2.98. The lowest BCUT2D eigenvalue weighted by Gasteiger charge is -2.25. The molecule has 1 unspecified atom stereocenters. The van der Waals surface area contributed by atoms with Crippen molar-refractivity contribution in [2.75, 3.05) is 6.26 Å². The highest BCUT2D eigenvalue weighted by molar-refractivity contribution is 7.92. The maximum Gasteiger partial charge on any atom is 0.156 e. The normalized spacial score (nSPS) is 30.1. The zero-order valence-corrected chi connectivity index (χ0v) is 8.48. The Morgan fingerprint density at radius 3 is 2.42 bits per heavy atom. The minimum Gasteiger partial charge on any atom is -0.228 e. The first-order valence-corrected chi connectivity index (χ1v) is 5.80. The van der Waals surface area contributed by atoms with E-state index in [1.807, 2.05) is 19.1 Å². The van der Waals surface area contributed by atoms with E-state index < -0.39 is 14.6 Å². The Morgan fingerprint density at radius 1 is 1.50 bits per heavy atom. The molecule has 1 atom stereocenters. The predicted molar refractivity (Wildman–Crippen MR) is 50.8 cm³/mol. The number of sulfone groups is 1. The van der Waals surface area contributed by atoms with Crippen LogP contribution in [0.15, 0.2) is 23.8 Å². The molecule has 1 rings (SSSR count). The van der Waals surface area contributed by atoms with Gasteiger partial charge in [-0.1, -0.05) is 23.8 Å². The van der Waals surface area contributed by atoms with Gasteiger partial charge in [0.2, 0.25) is 0 Å². The van der Waals surface area contributed by atoms with Crippen LogP contribution in [-0.4, -0.2) is 19.4 Å². The summed E-state index contributed by atoms with van der Waals surface area (Å²) in [4.78, 5) is 0. The van der Waals surface area contributed by atoms with Crippen LogP contribution in [-0.2, 0) is 9.84 Å². The first kappa shape index (κ1) is 9.52. The summed E-state index contributed by atoms with van der Waals surface area (Å²) >= 11 is 0. The molecule has 0 saturated heterocycles. The molecule has 0 aromatic carbocycles. The van der Waals surface area contributed by atoms with E-state index in [1.54, 1.807) is 13.0 Å². The van der Waals surface area contributed by atoms with Crippen LogP contribution < -0.4 is 0 Å². The fourth-order valence-corrected chi connectivity index (χ4v) is 1.78. The third kappa shape index (κ3) is 1.61. The van der Waals surface area contributed by atoms with E-state index in [2.05, 4.69) is 0 Å². The van der Waals surface area contributed by atoms with E-state index in [-0.39, 0.29) is 0 Å². The summed E-state index contributed by atoms with van der Waals surface area (Å²) < 4.78 is 22.0. The monoisotopic (exact) mass is 186 g/mol. The molecule has 68 valence electrons. The van der Waals surface area contributed by atoms with E-state index in [1.165, 1.54) is 6.26 Å². The predicted octanol–water partition coefficient (Wildman–Crippen LogP) is 1.70. The van der Waals surface area contributed by atoms with Crippen molar-refractivity contribution in [3.63, 3.8) is 0 Å². The van der Waals surface area contributed by atoms with E-state index in [0.29, 0.717) is 6.42 Å². The third-order valence-corrected chi connectivity index (χ3v) is 4.37. The molecule has 0 fully saturated rings. The van der Waals surface area contributed by atoms with Gasteiger partial charge in [-0.2, -0.15) is 0 Å². The fraction of sp³-hybridized carbons (Fsp3) is 0.556. The summed E-state index contributed by atoms with van der Waals surface area (Å²) in [6, 6.07) is 0. The van der Waals surface area contributed by atoms with Crippen LogP contribution in [0, 0.1) is 0 Å². The molecule has 0 aliphatic heterocycles. The Hall–Kier alpha value is -0.570. The Labute approximate surface area is 73.9 Å². The van der Waals surface area contributed by atoms with Crippen molar-refractivity contribution in [1.82, 2.24) is 0 Å². The molecule has 3 heteroatoms. The molecule has 0 spiro atoms. The summed E-state index contributed by atoms with van der Waals surface area (Å²) in [5.41, 5.74) is 1.14. The molecule has 0 aromatic rings. The SMILES string of the molecule is CC1=CCC(C)(S(C)(=O)=O)C=C1. The van der Waals surface area contributed by atoms with Crippen LogP contribution in [0.4, 0.5) is 0 Å². The van der Waals surface area contributed by atoms with E-state index in [0.717, 1.165) is 5.57 Å². The summed E-state index contributed by atoms with van der Waals surface area (Å²) in [5.74, 6) is 0. The number of hydrogen-bond donors (Lipinski definition) is 0. The molecule has 0 saturated carbocycles. The molecule has 0 bridgehead atoms. The molecular weight excluding hydrogens is 172 g/mol. The van der Waals surface area contributed by atoms with Crippen molar-refractivity contribution in [2.45, 2.75) is 25.0 Å². The van der Waals surface area contributed by atoms with Crippen LogP contribution in [0.3, 0.4) is 0 Å². The lowest BCUT2D eigenvalue weighted by Crippen LogP contribution is -2.32. The Bertz CT molecular complexity index is 336. The van der Waals surface area contributed by atoms with E-state index in [9.17, 15) is 8.42 Å². The van der Waals surface area contributed by atoms with Gasteiger partial charge in [-0.25, -0.2) is 8.42 Å². The highest BCUT2D eigenvalue weighted by atomic mass is 32.2. The van der Waals surface area contributed by atoms with Gasteiger partial charge in [0.1, 0.15) is 0 Å². The molecule has 0 N–H and O–H groups in total. The van der Waals surface area contributed by atoms with Gasteiger partial charge in [-0.3, -0.25) is 0 Å². The van der Waals surface area contributed by atoms with Crippen molar-refractivity contribution in [3.8, 4) is 0 Å². The first-order valence-electron chi connectivity index (χ1n) is 3.91. The molecule has 0 aromatic heterocycles. The third-order valence-electron chi connectivity index (χ3n) is 2.38. The van der Waals surface area contributed by atoms with E-state index >= 15 is 0 Å². The standard InChI is InChI=1S/C9H14O2S/c1-8-4-6-9(2,7-5-8)12(3,10)11/h4-6H,7H2,1-3H3. The molecule has 2 nitrogen and oxygen atoms in total. The second kappa shape index (κ2) is 2.73. The zero-order valence-electron chi connectivity index (χ0n) is 7.66. The minimum absolute atomic E-state index is 0.591. The van der Waals surface area contributed by atoms with Gasteiger partial charge in [0.15, 0.2) is 9.84 Å². The summed E-state index contributed by atoms with van der Waals surface area (Å²) in [6.45, 7) is 3.72. The second-order valence-electron chi connectivity index (χ2n) is 3.57.